The number of hydrogen-bond acceptors (Lipinski definition) is 1. The highest BCUT2D eigenvalue weighted by Crippen LogP contribution is 2.17. The standard InChI is InChI=1S/C19H20N2O/c1-3-14-5-7-15(8-6-14)12-20-19(22)18-11-16-10-13(2)4-9-17(16)21-18/h4-11,21H,3,12H2,1-2H3,(H,20,22). The van der Waals surface area contributed by atoms with Gasteiger partial charge in [-0.05, 0) is 42.7 Å². The van der Waals surface area contributed by atoms with Crippen LogP contribution in [-0.2, 0) is 13.0 Å². The number of aromatic amines is 1. The van der Waals surface area contributed by atoms with Gasteiger partial charge in [0.2, 0.25) is 0 Å². The van der Waals surface area contributed by atoms with Gasteiger partial charge >= 0.3 is 0 Å². The van der Waals surface area contributed by atoms with Crippen LogP contribution in [0.3, 0.4) is 0 Å². The number of aryl methyl sites for hydroxylation is 2. The first kappa shape index (κ1) is 14.4. The molecule has 1 amide bonds. The lowest BCUT2D eigenvalue weighted by Gasteiger charge is -2.05. The molecule has 0 atom stereocenters. The third-order valence-electron chi connectivity index (χ3n) is 3.91. The number of H-pyrrole nitrogens is 1. The summed E-state index contributed by atoms with van der Waals surface area (Å²) in [4.78, 5) is 15.4. The zero-order valence-electron chi connectivity index (χ0n) is 12.9. The van der Waals surface area contributed by atoms with Gasteiger partial charge < -0.3 is 10.3 Å². The number of hydrogen-bond donors (Lipinski definition) is 2. The second kappa shape index (κ2) is 6.06. The van der Waals surface area contributed by atoms with Crippen LogP contribution in [0.5, 0.6) is 0 Å². The van der Waals surface area contributed by atoms with Crippen molar-refractivity contribution in [2.75, 3.05) is 0 Å². The van der Waals surface area contributed by atoms with E-state index >= 15 is 0 Å². The average molecular weight is 292 g/mol. The number of aromatic nitrogens is 1. The van der Waals surface area contributed by atoms with Crippen LogP contribution in [0.25, 0.3) is 10.9 Å². The Kier molecular flexibility index (Phi) is 3.96. The van der Waals surface area contributed by atoms with Crippen molar-refractivity contribution in [1.82, 2.24) is 10.3 Å². The maximum absolute atomic E-state index is 12.3. The molecule has 0 aliphatic rings. The van der Waals surface area contributed by atoms with Crippen LogP contribution >= 0.6 is 0 Å². The van der Waals surface area contributed by atoms with Crippen molar-refractivity contribution in [3.05, 3.63) is 70.9 Å². The molecule has 0 saturated heterocycles. The maximum Gasteiger partial charge on any atom is 0.267 e. The van der Waals surface area contributed by atoms with Gasteiger partial charge in [0.1, 0.15) is 5.69 Å². The van der Waals surface area contributed by atoms with Crippen LogP contribution in [0.15, 0.2) is 48.5 Å². The number of carbonyl (C=O) groups excluding carboxylic acids is 1. The average Bonchev–Trinajstić information content (AvgIpc) is 2.96. The number of amides is 1. The van der Waals surface area contributed by atoms with E-state index in [1.54, 1.807) is 0 Å². The lowest BCUT2D eigenvalue weighted by Crippen LogP contribution is -2.23. The first-order valence-electron chi connectivity index (χ1n) is 7.61. The summed E-state index contributed by atoms with van der Waals surface area (Å²) in [5.74, 6) is -0.0755. The zero-order valence-corrected chi connectivity index (χ0v) is 12.9. The van der Waals surface area contributed by atoms with E-state index in [9.17, 15) is 4.79 Å². The number of rotatable bonds is 4. The minimum Gasteiger partial charge on any atom is -0.351 e. The molecule has 3 nitrogen and oxygen atoms in total. The Hall–Kier alpha value is -2.55. The van der Waals surface area contributed by atoms with Crippen LogP contribution in [0, 0.1) is 6.92 Å². The summed E-state index contributed by atoms with van der Waals surface area (Å²) in [6, 6.07) is 16.4. The van der Waals surface area contributed by atoms with Crippen molar-refractivity contribution in [2.45, 2.75) is 26.8 Å². The molecule has 22 heavy (non-hydrogen) atoms. The van der Waals surface area contributed by atoms with E-state index in [4.69, 9.17) is 0 Å². The molecule has 0 aliphatic carbocycles. The maximum atomic E-state index is 12.3. The van der Waals surface area contributed by atoms with E-state index in [1.165, 1.54) is 11.1 Å². The molecule has 2 N–H and O–H groups in total. The summed E-state index contributed by atoms with van der Waals surface area (Å²) in [6.07, 6.45) is 1.03. The summed E-state index contributed by atoms with van der Waals surface area (Å²) in [6.45, 7) is 4.72. The Balaban J connectivity index is 1.69. The number of fused-ring (bicyclic) bond motifs is 1. The van der Waals surface area contributed by atoms with E-state index in [-0.39, 0.29) is 5.91 Å². The van der Waals surface area contributed by atoms with Crippen LogP contribution in [0.4, 0.5) is 0 Å². The summed E-state index contributed by atoms with van der Waals surface area (Å²) >= 11 is 0. The fourth-order valence-electron chi connectivity index (χ4n) is 2.54. The van der Waals surface area contributed by atoms with Crippen LogP contribution < -0.4 is 5.32 Å². The topological polar surface area (TPSA) is 44.9 Å². The second-order valence-electron chi connectivity index (χ2n) is 5.63. The molecule has 3 heteroatoms. The minimum atomic E-state index is -0.0755. The number of carbonyl (C=O) groups is 1. The van der Waals surface area contributed by atoms with Gasteiger partial charge in [-0.2, -0.15) is 0 Å². The third-order valence-corrected chi connectivity index (χ3v) is 3.91. The molecule has 0 radical (unpaired) electrons. The Morgan fingerprint density at radius 1 is 1.05 bits per heavy atom. The Labute approximate surface area is 130 Å². The summed E-state index contributed by atoms with van der Waals surface area (Å²) in [5, 5.41) is 4.03. The molecule has 3 rings (SSSR count). The van der Waals surface area contributed by atoms with Crippen molar-refractivity contribution >= 4 is 16.8 Å². The third kappa shape index (κ3) is 3.03. The molecule has 0 unspecified atom stereocenters. The smallest absolute Gasteiger partial charge is 0.267 e. The lowest BCUT2D eigenvalue weighted by molar-refractivity contribution is 0.0947. The summed E-state index contributed by atoms with van der Waals surface area (Å²) in [5.41, 5.74) is 5.20. The zero-order chi connectivity index (χ0) is 15.5. The van der Waals surface area contributed by atoms with Crippen molar-refractivity contribution in [3.63, 3.8) is 0 Å². The predicted octanol–water partition coefficient (Wildman–Crippen LogP) is 3.97. The molecule has 2 aromatic carbocycles. The molecular formula is C19H20N2O. The van der Waals surface area contributed by atoms with Crippen LogP contribution in [-0.4, -0.2) is 10.9 Å². The van der Waals surface area contributed by atoms with E-state index in [0.717, 1.165) is 22.9 Å². The fraction of sp³-hybridized carbons (Fsp3) is 0.211. The first-order chi connectivity index (χ1) is 10.7. The summed E-state index contributed by atoms with van der Waals surface area (Å²) in [7, 11) is 0. The molecule has 0 spiro atoms. The van der Waals surface area contributed by atoms with Crippen LogP contribution in [0.2, 0.25) is 0 Å². The normalized spacial score (nSPS) is 10.8. The molecule has 1 heterocycles. The fourth-order valence-corrected chi connectivity index (χ4v) is 2.54. The Bertz CT molecular complexity index is 800. The van der Waals surface area contributed by atoms with Crippen LogP contribution in [0.1, 0.15) is 34.1 Å². The second-order valence-corrected chi connectivity index (χ2v) is 5.63. The first-order valence-corrected chi connectivity index (χ1v) is 7.61. The monoisotopic (exact) mass is 292 g/mol. The number of benzene rings is 2. The van der Waals surface area contributed by atoms with Gasteiger partial charge in [-0.15, -0.1) is 0 Å². The number of nitrogens with one attached hydrogen (secondary N) is 2. The summed E-state index contributed by atoms with van der Waals surface area (Å²) < 4.78 is 0. The van der Waals surface area contributed by atoms with E-state index in [2.05, 4.69) is 47.6 Å². The lowest BCUT2D eigenvalue weighted by atomic mass is 10.1. The largest absolute Gasteiger partial charge is 0.351 e. The van der Waals surface area contributed by atoms with Gasteiger partial charge in [-0.3, -0.25) is 4.79 Å². The van der Waals surface area contributed by atoms with Gasteiger partial charge in [-0.1, -0.05) is 42.8 Å². The van der Waals surface area contributed by atoms with Gasteiger partial charge in [0.15, 0.2) is 0 Å². The highest BCUT2D eigenvalue weighted by molar-refractivity contribution is 5.98. The molecule has 0 aliphatic heterocycles. The molecule has 3 aromatic rings. The molecule has 112 valence electrons. The molecule has 0 bridgehead atoms. The predicted molar refractivity (Wildman–Crippen MR) is 90.0 cm³/mol. The highest BCUT2D eigenvalue weighted by Gasteiger charge is 2.09. The van der Waals surface area contributed by atoms with Crippen molar-refractivity contribution in [1.29, 1.82) is 0 Å². The van der Waals surface area contributed by atoms with Gasteiger partial charge in [-0.25, -0.2) is 0 Å². The van der Waals surface area contributed by atoms with E-state index in [1.807, 2.05) is 25.1 Å². The minimum absolute atomic E-state index is 0.0755. The van der Waals surface area contributed by atoms with Gasteiger partial charge in [0.05, 0.1) is 0 Å². The van der Waals surface area contributed by atoms with Crippen molar-refractivity contribution < 1.29 is 4.79 Å². The Morgan fingerprint density at radius 3 is 2.50 bits per heavy atom. The SMILES string of the molecule is CCc1ccc(CNC(=O)c2cc3cc(C)ccc3[nH]2)cc1. The van der Waals surface area contributed by atoms with Crippen molar-refractivity contribution in [3.8, 4) is 0 Å². The van der Waals surface area contributed by atoms with Crippen molar-refractivity contribution in [2.24, 2.45) is 0 Å². The molecule has 0 saturated carbocycles. The van der Waals surface area contributed by atoms with Gasteiger partial charge in [0.25, 0.3) is 5.91 Å². The Morgan fingerprint density at radius 2 is 1.77 bits per heavy atom. The molecule has 1 aromatic heterocycles. The molecule has 0 fully saturated rings. The van der Waals surface area contributed by atoms with E-state index in [0.29, 0.717) is 12.2 Å². The quantitative estimate of drug-likeness (QED) is 0.751. The van der Waals surface area contributed by atoms with E-state index < -0.39 is 0 Å². The molecular weight excluding hydrogens is 272 g/mol. The van der Waals surface area contributed by atoms with Gasteiger partial charge in [0, 0.05) is 17.4 Å². The highest BCUT2D eigenvalue weighted by atomic mass is 16.1.